The maximum atomic E-state index is 6.92. The van der Waals surface area contributed by atoms with E-state index < -0.39 is 8.24 Å². The Morgan fingerprint density at radius 1 is 0.525 bits per heavy atom. The van der Waals surface area contributed by atoms with Gasteiger partial charge in [0.05, 0.1) is 0 Å². The van der Waals surface area contributed by atoms with Crippen molar-refractivity contribution in [2.75, 3.05) is 0 Å². The lowest BCUT2D eigenvalue weighted by molar-refractivity contribution is 0.488. The maximum absolute atomic E-state index is 6.92. The highest BCUT2D eigenvalue weighted by Crippen LogP contribution is 2.48. The Hall–Kier alpha value is -2.64. The second kappa shape index (κ2) is 10.0. The Morgan fingerprint density at radius 3 is 1.20 bits per heavy atom. The highest BCUT2D eigenvalue weighted by Gasteiger charge is 2.31. The SMILES string of the molecule is Cc1c(C(C)(C)C)cc(C(C)(C)C)c2op(Oc3ccccc3)oc3c(C(C)(C)C)cc(C(C)(C)C)c(C)c3c12. The zero-order valence-corrected chi connectivity index (χ0v) is 28.1. The summed E-state index contributed by atoms with van der Waals surface area (Å²) in [5.41, 5.74) is 8.87. The summed E-state index contributed by atoms with van der Waals surface area (Å²) in [5, 5.41) is 2.28. The van der Waals surface area contributed by atoms with E-state index in [0.29, 0.717) is 0 Å². The van der Waals surface area contributed by atoms with Gasteiger partial charge in [-0.15, -0.1) is 0 Å². The first-order chi connectivity index (χ1) is 18.2. The molecule has 216 valence electrons. The monoisotopic (exact) mass is 560 g/mol. The zero-order chi connectivity index (χ0) is 30.0. The summed E-state index contributed by atoms with van der Waals surface area (Å²) in [6.07, 6.45) is 0. The van der Waals surface area contributed by atoms with E-state index >= 15 is 0 Å². The van der Waals surface area contributed by atoms with Crippen LogP contribution in [0, 0.1) is 13.8 Å². The van der Waals surface area contributed by atoms with Gasteiger partial charge in [-0.05, 0) is 69.9 Å². The van der Waals surface area contributed by atoms with Crippen LogP contribution >= 0.6 is 8.24 Å². The van der Waals surface area contributed by atoms with Gasteiger partial charge < -0.3 is 12.9 Å². The fourth-order valence-corrected chi connectivity index (χ4v) is 6.83. The van der Waals surface area contributed by atoms with Crippen LogP contribution in [0.4, 0.5) is 0 Å². The van der Waals surface area contributed by atoms with Gasteiger partial charge in [-0.25, -0.2) is 0 Å². The summed E-state index contributed by atoms with van der Waals surface area (Å²) in [6.45, 7) is 31.9. The van der Waals surface area contributed by atoms with Crippen molar-refractivity contribution in [3.63, 3.8) is 0 Å². The average Bonchev–Trinajstić information content (AvgIpc) is 2.94. The van der Waals surface area contributed by atoms with Crippen molar-refractivity contribution in [3.8, 4) is 5.75 Å². The highest BCUT2D eigenvalue weighted by atomic mass is 31.1. The number of hydrogen-bond donors (Lipinski definition) is 0. The van der Waals surface area contributed by atoms with Crippen molar-refractivity contribution >= 4 is 30.2 Å². The molecule has 0 bridgehead atoms. The maximum Gasteiger partial charge on any atom is 0.453 e. The Morgan fingerprint density at radius 2 is 0.875 bits per heavy atom. The molecule has 3 nitrogen and oxygen atoms in total. The summed E-state index contributed by atoms with van der Waals surface area (Å²) >= 11 is 0. The lowest BCUT2D eigenvalue weighted by Crippen LogP contribution is -2.19. The molecule has 4 aromatic rings. The fourth-order valence-electron chi connectivity index (χ4n) is 5.75. The van der Waals surface area contributed by atoms with E-state index in [9.17, 15) is 0 Å². The van der Waals surface area contributed by atoms with Crippen LogP contribution in [0.3, 0.4) is 0 Å². The molecule has 0 aliphatic heterocycles. The molecule has 1 aromatic heterocycles. The highest BCUT2D eigenvalue weighted by molar-refractivity contribution is 7.32. The Balaban J connectivity index is 2.42. The Kier molecular flexibility index (Phi) is 7.60. The molecule has 0 fully saturated rings. The van der Waals surface area contributed by atoms with Crippen LogP contribution < -0.4 is 4.52 Å². The third-order valence-corrected chi connectivity index (χ3v) is 8.84. The van der Waals surface area contributed by atoms with Crippen molar-refractivity contribution in [3.05, 3.63) is 75.8 Å². The number of hydrogen-bond acceptors (Lipinski definition) is 3. The minimum absolute atomic E-state index is 0.0416. The molecule has 0 aliphatic rings. The first-order valence-corrected chi connectivity index (χ1v) is 15.6. The number of rotatable bonds is 2. The normalized spacial score (nSPS) is 13.2. The Labute approximate surface area is 243 Å². The number of para-hydroxylation sites is 1. The van der Waals surface area contributed by atoms with Gasteiger partial charge in [-0.3, -0.25) is 0 Å². The molecule has 0 aliphatic carbocycles. The smallest absolute Gasteiger partial charge is 0.391 e. The minimum atomic E-state index is -1.77. The van der Waals surface area contributed by atoms with Gasteiger partial charge in [-0.1, -0.05) is 113 Å². The molecule has 0 radical (unpaired) electrons. The summed E-state index contributed by atoms with van der Waals surface area (Å²) in [5.74, 6) is 0.735. The second-order valence-corrected chi connectivity index (χ2v) is 16.4. The van der Waals surface area contributed by atoms with E-state index in [1.165, 1.54) is 33.4 Å². The van der Waals surface area contributed by atoms with Crippen LogP contribution in [0.25, 0.3) is 21.9 Å². The first kappa shape index (κ1) is 30.3. The quantitative estimate of drug-likeness (QED) is 0.245. The van der Waals surface area contributed by atoms with Crippen LogP contribution in [0.2, 0.25) is 0 Å². The van der Waals surface area contributed by atoms with Gasteiger partial charge in [-0.2, -0.15) is 0 Å². The Bertz CT molecular complexity index is 1500. The van der Waals surface area contributed by atoms with Gasteiger partial charge in [0.1, 0.15) is 16.9 Å². The summed E-state index contributed by atoms with van der Waals surface area (Å²) in [6, 6.07) is 14.6. The standard InChI is InChI=1S/C36H49O3P/c1-22-25(33(3,4)5)20-27(35(9,10)11)31-29(22)30-23(2)26(34(6,7)8)21-28(36(12,13)14)32(30)39-40(38-31)37-24-18-16-15-17-19-24/h15-21H,1-14H3. The van der Waals surface area contributed by atoms with E-state index in [-0.39, 0.29) is 21.7 Å². The van der Waals surface area contributed by atoms with Crippen molar-refractivity contribution in [1.29, 1.82) is 0 Å². The van der Waals surface area contributed by atoms with Gasteiger partial charge >= 0.3 is 8.24 Å². The molecule has 0 saturated carbocycles. The lowest BCUT2D eigenvalue weighted by atomic mass is 9.74. The molecule has 0 saturated heterocycles. The van der Waals surface area contributed by atoms with Crippen LogP contribution in [-0.4, -0.2) is 0 Å². The van der Waals surface area contributed by atoms with Crippen LogP contribution in [-0.2, 0) is 21.7 Å². The van der Waals surface area contributed by atoms with Gasteiger partial charge in [0.25, 0.3) is 0 Å². The largest absolute Gasteiger partial charge is 0.453 e. The van der Waals surface area contributed by atoms with Crippen molar-refractivity contribution in [1.82, 2.24) is 0 Å². The molecule has 4 rings (SSSR count). The number of benzene rings is 3. The summed E-state index contributed by atoms with van der Waals surface area (Å²) in [7, 11) is -1.77. The zero-order valence-electron chi connectivity index (χ0n) is 27.2. The fraction of sp³-hybridized carbons (Fsp3) is 0.500. The van der Waals surface area contributed by atoms with Gasteiger partial charge in [0.15, 0.2) is 0 Å². The van der Waals surface area contributed by atoms with Crippen molar-refractivity contribution < 1.29 is 12.9 Å². The minimum Gasteiger partial charge on any atom is -0.391 e. The predicted molar refractivity (Wildman–Crippen MR) is 173 cm³/mol. The number of aryl methyl sites for hydroxylation is 2. The average molecular weight is 561 g/mol. The van der Waals surface area contributed by atoms with E-state index in [0.717, 1.165) is 27.7 Å². The molecular weight excluding hydrogens is 511 g/mol. The molecule has 1 heterocycles. The van der Waals surface area contributed by atoms with Crippen LogP contribution in [0.5, 0.6) is 5.75 Å². The molecule has 0 spiro atoms. The van der Waals surface area contributed by atoms with Crippen molar-refractivity contribution in [2.24, 2.45) is 0 Å². The molecule has 0 N–H and O–H groups in total. The van der Waals surface area contributed by atoms with Gasteiger partial charge in [0.2, 0.25) is 0 Å². The van der Waals surface area contributed by atoms with E-state index in [2.05, 4.69) is 109 Å². The van der Waals surface area contributed by atoms with Crippen LogP contribution in [0.1, 0.15) is 116 Å². The third kappa shape index (κ3) is 5.73. The number of fused-ring (bicyclic) bond motifs is 3. The van der Waals surface area contributed by atoms with E-state index in [1.54, 1.807) is 0 Å². The molecule has 0 amide bonds. The molecule has 3 aromatic carbocycles. The lowest BCUT2D eigenvalue weighted by Gasteiger charge is -2.30. The first-order valence-electron chi connectivity index (χ1n) is 14.5. The third-order valence-electron chi connectivity index (χ3n) is 7.82. The topological polar surface area (TPSA) is 35.5 Å². The molecule has 0 unspecified atom stereocenters. The molecule has 40 heavy (non-hydrogen) atoms. The van der Waals surface area contributed by atoms with E-state index in [1.807, 2.05) is 30.3 Å². The molecule has 0 atom stereocenters. The summed E-state index contributed by atoms with van der Waals surface area (Å²) in [4.78, 5) is 0. The van der Waals surface area contributed by atoms with Crippen molar-refractivity contribution in [2.45, 2.75) is 119 Å². The molecular formula is C36H49O3P. The predicted octanol–water partition coefficient (Wildman–Crippen LogP) is 11.9. The van der Waals surface area contributed by atoms with Crippen LogP contribution in [0.15, 0.2) is 50.9 Å². The van der Waals surface area contributed by atoms with E-state index in [4.69, 9.17) is 12.9 Å². The second-order valence-electron chi connectivity index (χ2n) is 15.4. The summed E-state index contributed by atoms with van der Waals surface area (Å²) < 4.78 is 20.3. The van der Waals surface area contributed by atoms with Gasteiger partial charge in [0, 0.05) is 21.9 Å². The molecule has 4 heteroatoms.